The van der Waals surface area contributed by atoms with Crippen molar-refractivity contribution < 1.29 is 9.26 Å². The summed E-state index contributed by atoms with van der Waals surface area (Å²) in [6.45, 7) is 0.325. The molecule has 56 valence electrons. The lowest BCUT2D eigenvalue weighted by atomic mass is 10.7. The Morgan fingerprint density at radius 2 is 2.60 bits per heavy atom. The number of aromatic nitrogens is 2. The number of ether oxygens (including phenoxy) is 1. The molecular weight excluding hydrogens is 136 g/mol. The minimum absolute atomic E-state index is 0.187. The van der Waals surface area contributed by atoms with Crippen LogP contribution < -0.4 is 11.3 Å². The molecule has 0 atom stereocenters. The Hall–Kier alpha value is -1.14. The molecule has 0 spiro atoms. The topological polar surface area (TPSA) is 86.2 Å². The fourth-order valence-electron chi connectivity index (χ4n) is 0.500. The molecule has 0 aliphatic heterocycles. The first-order valence-electron chi connectivity index (χ1n) is 2.65. The molecule has 10 heavy (non-hydrogen) atoms. The molecule has 0 aliphatic carbocycles. The maximum Gasteiger partial charge on any atom is 0.335 e. The number of nitrogens with zero attached hydrogens (tertiary/aromatic N) is 2. The summed E-state index contributed by atoms with van der Waals surface area (Å²) < 4.78 is 9.32. The minimum Gasteiger partial charge on any atom is -0.377 e. The largest absolute Gasteiger partial charge is 0.377 e. The lowest BCUT2D eigenvalue weighted by molar-refractivity contribution is 0.174. The summed E-state index contributed by atoms with van der Waals surface area (Å²) in [5.41, 5.74) is 2.21. The van der Waals surface area contributed by atoms with Gasteiger partial charge in [-0.1, -0.05) is 5.16 Å². The van der Waals surface area contributed by atoms with Gasteiger partial charge in [0.1, 0.15) is 6.61 Å². The molecule has 0 bridgehead atoms. The van der Waals surface area contributed by atoms with Crippen LogP contribution in [-0.4, -0.2) is 17.3 Å². The van der Waals surface area contributed by atoms with Crippen molar-refractivity contribution in [3.05, 3.63) is 5.82 Å². The summed E-state index contributed by atoms with van der Waals surface area (Å²) in [6, 6.07) is 0.187. The van der Waals surface area contributed by atoms with Crippen molar-refractivity contribution in [2.75, 3.05) is 12.5 Å². The van der Waals surface area contributed by atoms with E-state index in [1.807, 2.05) is 0 Å². The molecule has 0 amide bonds. The molecule has 0 saturated heterocycles. The van der Waals surface area contributed by atoms with Crippen LogP contribution >= 0.6 is 0 Å². The molecule has 6 heteroatoms. The molecule has 0 unspecified atom stereocenters. The van der Waals surface area contributed by atoms with Gasteiger partial charge < -0.3 is 9.26 Å². The third-order valence-electron chi connectivity index (χ3n) is 0.865. The summed E-state index contributed by atoms with van der Waals surface area (Å²) in [5.74, 6) is 5.44. The molecule has 1 rings (SSSR count). The highest BCUT2D eigenvalue weighted by Gasteiger charge is 2.01. The summed E-state index contributed by atoms with van der Waals surface area (Å²) in [5, 5.41) is 3.52. The van der Waals surface area contributed by atoms with Crippen LogP contribution in [0.15, 0.2) is 4.52 Å². The van der Waals surface area contributed by atoms with Crippen molar-refractivity contribution in [3.8, 4) is 0 Å². The number of nitrogens with one attached hydrogen (secondary N) is 1. The third-order valence-corrected chi connectivity index (χ3v) is 0.865. The number of nitrogens with two attached hydrogens (primary N) is 1. The van der Waals surface area contributed by atoms with Crippen LogP contribution in [-0.2, 0) is 11.3 Å². The van der Waals surface area contributed by atoms with Gasteiger partial charge in [0.15, 0.2) is 5.82 Å². The zero-order valence-corrected chi connectivity index (χ0v) is 5.50. The van der Waals surface area contributed by atoms with Gasteiger partial charge in [0.05, 0.1) is 0 Å². The number of anilines is 1. The molecule has 3 N–H and O–H groups in total. The van der Waals surface area contributed by atoms with Crippen molar-refractivity contribution >= 4 is 6.01 Å². The lowest BCUT2D eigenvalue weighted by Crippen LogP contribution is -2.06. The Balaban J connectivity index is 2.59. The number of methoxy groups -OCH3 is 1. The first-order valence-corrected chi connectivity index (χ1v) is 2.65. The van der Waals surface area contributed by atoms with Crippen molar-refractivity contribution in [3.63, 3.8) is 0 Å². The van der Waals surface area contributed by atoms with Crippen LogP contribution in [0.25, 0.3) is 0 Å². The molecule has 0 fully saturated rings. The van der Waals surface area contributed by atoms with Crippen molar-refractivity contribution in [2.45, 2.75) is 6.61 Å². The van der Waals surface area contributed by atoms with E-state index in [1.54, 1.807) is 7.11 Å². The van der Waals surface area contributed by atoms with E-state index in [0.717, 1.165) is 0 Å². The SMILES string of the molecule is COCc1noc(NN)n1. The second-order valence-electron chi connectivity index (χ2n) is 1.59. The average molecular weight is 144 g/mol. The number of rotatable bonds is 3. The normalized spacial score (nSPS) is 9.80. The fourth-order valence-corrected chi connectivity index (χ4v) is 0.500. The van der Waals surface area contributed by atoms with E-state index in [9.17, 15) is 0 Å². The van der Waals surface area contributed by atoms with Gasteiger partial charge in [0.25, 0.3) is 0 Å². The van der Waals surface area contributed by atoms with Crippen molar-refractivity contribution in [1.82, 2.24) is 10.1 Å². The summed E-state index contributed by atoms with van der Waals surface area (Å²) in [7, 11) is 1.55. The maximum absolute atomic E-state index is 4.97. The van der Waals surface area contributed by atoms with Gasteiger partial charge in [-0.15, -0.1) is 0 Å². The number of nitrogen functional groups attached to an aromatic ring is 1. The Kier molecular flexibility index (Phi) is 2.19. The fraction of sp³-hybridized carbons (Fsp3) is 0.500. The van der Waals surface area contributed by atoms with Crippen LogP contribution in [0.3, 0.4) is 0 Å². The van der Waals surface area contributed by atoms with Gasteiger partial charge in [0.2, 0.25) is 0 Å². The van der Waals surface area contributed by atoms with Crippen LogP contribution in [0.4, 0.5) is 6.01 Å². The van der Waals surface area contributed by atoms with Gasteiger partial charge in [0, 0.05) is 7.11 Å². The van der Waals surface area contributed by atoms with Crippen molar-refractivity contribution in [1.29, 1.82) is 0 Å². The number of hydrogen-bond donors (Lipinski definition) is 2. The first kappa shape index (κ1) is 6.97. The van der Waals surface area contributed by atoms with Crippen LogP contribution in [0.1, 0.15) is 5.82 Å². The van der Waals surface area contributed by atoms with Crippen molar-refractivity contribution in [2.24, 2.45) is 5.84 Å². The van der Waals surface area contributed by atoms with E-state index in [1.165, 1.54) is 0 Å². The second-order valence-corrected chi connectivity index (χ2v) is 1.59. The average Bonchev–Trinajstić information content (AvgIpc) is 2.37. The zero-order chi connectivity index (χ0) is 7.40. The highest BCUT2D eigenvalue weighted by Crippen LogP contribution is 2.00. The maximum atomic E-state index is 4.97. The van der Waals surface area contributed by atoms with Crippen LogP contribution in [0.2, 0.25) is 0 Å². The van der Waals surface area contributed by atoms with Gasteiger partial charge in [-0.25, -0.2) is 5.84 Å². The lowest BCUT2D eigenvalue weighted by Gasteiger charge is -1.86. The molecule has 1 aromatic heterocycles. The summed E-state index contributed by atoms with van der Waals surface area (Å²) >= 11 is 0. The standard InChI is InChI=1S/C4H8N4O2/c1-9-2-3-6-4(7-5)10-8-3/h2,5H2,1H3,(H,6,7,8). The molecule has 6 nitrogen and oxygen atoms in total. The molecule has 1 aromatic rings. The predicted octanol–water partition coefficient (Wildman–Crippen LogP) is -0.498. The molecule has 0 aromatic carbocycles. The second kappa shape index (κ2) is 3.14. The van der Waals surface area contributed by atoms with Crippen LogP contribution in [0.5, 0.6) is 0 Å². The van der Waals surface area contributed by atoms with E-state index in [2.05, 4.69) is 20.1 Å². The van der Waals surface area contributed by atoms with Gasteiger partial charge in [-0.2, -0.15) is 4.98 Å². The summed E-state index contributed by atoms with van der Waals surface area (Å²) in [4.78, 5) is 3.78. The predicted molar refractivity (Wildman–Crippen MR) is 32.8 cm³/mol. The monoisotopic (exact) mass is 144 g/mol. The molecule has 0 saturated carbocycles. The van der Waals surface area contributed by atoms with E-state index in [0.29, 0.717) is 12.4 Å². The smallest absolute Gasteiger partial charge is 0.335 e. The van der Waals surface area contributed by atoms with E-state index in [-0.39, 0.29) is 6.01 Å². The number of hydrogen-bond acceptors (Lipinski definition) is 6. The molecule has 0 aliphatic rings. The Morgan fingerprint density at radius 3 is 3.10 bits per heavy atom. The van der Waals surface area contributed by atoms with E-state index >= 15 is 0 Å². The molecular formula is C4H8N4O2. The first-order chi connectivity index (χ1) is 4.86. The third kappa shape index (κ3) is 1.42. The quantitative estimate of drug-likeness (QED) is 0.439. The highest BCUT2D eigenvalue weighted by atomic mass is 16.5. The van der Waals surface area contributed by atoms with E-state index in [4.69, 9.17) is 10.6 Å². The molecule has 0 radical (unpaired) electrons. The number of hydrazine groups is 1. The Morgan fingerprint density at radius 1 is 1.80 bits per heavy atom. The van der Waals surface area contributed by atoms with Gasteiger partial charge >= 0.3 is 6.01 Å². The van der Waals surface area contributed by atoms with E-state index < -0.39 is 0 Å². The molecule has 1 heterocycles. The minimum atomic E-state index is 0.187. The zero-order valence-electron chi connectivity index (χ0n) is 5.50. The van der Waals surface area contributed by atoms with Crippen LogP contribution in [0, 0.1) is 0 Å². The Bertz CT molecular complexity index is 199. The summed E-state index contributed by atoms with van der Waals surface area (Å²) in [6.07, 6.45) is 0. The van der Waals surface area contributed by atoms with Gasteiger partial charge in [-0.3, -0.25) is 5.43 Å². The highest BCUT2D eigenvalue weighted by molar-refractivity contribution is 5.14. The Labute approximate surface area is 57.3 Å². The van der Waals surface area contributed by atoms with Gasteiger partial charge in [-0.05, 0) is 0 Å².